The highest BCUT2D eigenvalue weighted by atomic mass is 32.1. The zero-order valence-electron chi connectivity index (χ0n) is 18.7. The first-order chi connectivity index (χ1) is 14.9. The van der Waals surface area contributed by atoms with Crippen molar-refractivity contribution in [2.75, 3.05) is 0 Å². The molecule has 3 aromatic carbocycles. The molecule has 0 aliphatic rings. The van der Waals surface area contributed by atoms with Crippen LogP contribution in [0, 0.1) is 20.8 Å². The van der Waals surface area contributed by atoms with Crippen molar-refractivity contribution < 1.29 is 0 Å². The van der Waals surface area contributed by atoms with E-state index in [1.54, 1.807) is 11.3 Å². The van der Waals surface area contributed by atoms with Crippen molar-refractivity contribution in [2.24, 2.45) is 0 Å². The molecule has 2 nitrogen and oxygen atoms in total. The van der Waals surface area contributed by atoms with Crippen LogP contribution in [0.25, 0.3) is 42.8 Å². The summed E-state index contributed by atoms with van der Waals surface area (Å²) in [5, 5.41) is 3.66. The number of thiazole rings is 1. The predicted molar refractivity (Wildman–Crippen MR) is 134 cm³/mol. The van der Waals surface area contributed by atoms with Gasteiger partial charge < -0.3 is 0 Å². The summed E-state index contributed by atoms with van der Waals surface area (Å²) in [7, 11) is 0. The van der Waals surface area contributed by atoms with Gasteiger partial charge in [0.1, 0.15) is 5.01 Å². The number of hydrogen-bond donors (Lipinski definition) is 0. The molecule has 0 aliphatic carbocycles. The third-order valence-corrected chi connectivity index (χ3v) is 7.08. The molecule has 3 heteroatoms. The van der Waals surface area contributed by atoms with E-state index in [1.807, 2.05) is 12.3 Å². The smallest absolute Gasteiger partial charge is 0.125 e. The van der Waals surface area contributed by atoms with Gasteiger partial charge in [0.2, 0.25) is 0 Å². The Morgan fingerprint density at radius 3 is 2.35 bits per heavy atom. The van der Waals surface area contributed by atoms with E-state index in [4.69, 9.17) is 9.97 Å². The molecular formula is C28H26N2S. The van der Waals surface area contributed by atoms with E-state index < -0.39 is 0 Å². The maximum absolute atomic E-state index is 5.02. The van der Waals surface area contributed by atoms with Crippen molar-refractivity contribution in [1.82, 2.24) is 9.97 Å². The van der Waals surface area contributed by atoms with Gasteiger partial charge in [-0.25, -0.2) is 4.98 Å². The van der Waals surface area contributed by atoms with Crippen LogP contribution in [0.4, 0.5) is 0 Å². The minimum Gasteiger partial charge on any atom is -0.255 e. The van der Waals surface area contributed by atoms with E-state index in [1.165, 1.54) is 44.2 Å². The number of nitrogens with zero attached hydrogens (tertiary/aromatic N) is 2. The standard InChI is InChI=1S/C28H26N2S/c1-16(2)23-15-21(14-20-8-6-7-9-22(20)23)26-27-24(10-11-29-26)30-28(31-27)25-18(4)12-17(3)13-19(25)5/h6-16H,1-5H3. The molecule has 2 heterocycles. The Kier molecular flexibility index (Phi) is 4.86. The summed E-state index contributed by atoms with van der Waals surface area (Å²) in [5.41, 5.74) is 9.67. The van der Waals surface area contributed by atoms with Gasteiger partial charge in [0.25, 0.3) is 0 Å². The van der Waals surface area contributed by atoms with Crippen molar-refractivity contribution in [2.45, 2.75) is 40.5 Å². The van der Waals surface area contributed by atoms with Crippen molar-refractivity contribution in [1.29, 1.82) is 0 Å². The molecule has 0 saturated carbocycles. The minimum atomic E-state index is 0.443. The number of aromatic nitrogens is 2. The third-order valence-electron chi connectivity index (χ3n) is 5.98. The SMILES string of the molecule is Cc1cc(C)c(-c2nc3ccnc(-c4cc(C(C)C)c5ccccc5c4)c3s2)c(C)c1. The molecule has 0 radical (unpaired) electrons. The Balaban J connectivity index is 1.75. The van der Waals surface area contributed by atoms with E-state index in [2.05, 4.69) is 83.1 Å². The molecule has 0 saturated heterocycles. The van der Waals surface area contributed by atoms with E-state index in [-0.39, 0.29) is 0 Å². The van der Waals surface area contributed by atoms with Crippen molar-refractivity contribution >= 4 is 32.3 Å². The lowest BCUT2D eigenvalue weighted by atomic mass is 9.92. The lowest BCUT2D eigenvalue weighted by Crippen LogP contribution is -1.92. The predicted octanol–water partition coefficient (Wildman–Crippen LogP) is 8.23. The summed E-state index contributed by atoms with van der Waals surface area (Å²) in [6.45, 7) is 11.0. The van der Waals surface area contributed by atoms with Crippen molar-refractivity contribution in [3.8, 4) is 21.8 Å². The van der Waals surface area contributed by atoms with Gasteiger partial charge in [-0.2, -0.15) is 0 Å². The second-order valence-electron chi connectivity index (χ2n) is 8.74. The number of aryl methyl sites for hydroxylation is 3. The van der Waals surface area contributed by atoms with Gasteiger partial charge in [0, 0.05) is 17.3 Å². The third kappa shape index (κ3) is 3.43. The second kappa shape index (κ2) is 7.58. The monoisotopic (exact) mass is 422 g/mol. The molecular weight excluding hydrogens is 396 g/mol. The van der Waals surface area contributed by atoms with E-state index >= 15 is 0 Å². The van der Waals surface area contributed by atoms with Crippen LogP contribution in [0.1, 0.15) is 42.0 Å². The molecule has 31 heavy (non-hydrogen) atoms. The quantitative estimate of drug-likeness (QED) is 0.293. The van der Waals surface area contributed by atoms with Crippen LogP contribution < -0.4 is 0 Å². The molecule has 0 N–H and O–H groups in total. The first-order valence-corrected chi connectivity index (χ1v) is 11.6. The normalized spacial score (nSPS) is 11.7. The Hall–Kier alpha value is -3.04. The zero-order valence-corrected chi connectivity index (χ0v) is 19.5. The summed E-state index contributed by atoms with van der Waals surface area (Å²) in [5.74, 6) is 0.443. The molecule has 5 aromatic rings. The zero-order chi connectivity index (χ0) is 21.7. The molecule has 154 valence electrons. The summed E-state index contributed by atoms with van der Waals surface area (Å²) in [6, 6.07) is 19.7. The number of rotatable bonds is 3. The van der Waals surface area contributed by atoms with Crippen molar-refractivity contribution in [3.05, 3.63) is 83.0 Å². The molecule has 0 spiro atoms. The largest absolute Gasteiger partial charge is 0.255 e. The molecule has 0 bridgehead atoms. The Bertz CT molecular complexity index is 1420. The number of pyridine rings is 1. The summed E-state index contributed by atoms with van der Waals surface area (Å²) in [6.07, 6.45) is 1.89. The molecule has 0 atom stereocenters. The topological polar surface area (TPSA) is 25.8 Å². The lowest BCUT2D eigenvalue weighted by molar-refractivity contribution is 0.876. The highest BCUT2D eigenvalue weighted by Gasteiger charge is 2.17. The van der Waals surface area contributed by atoms with Gasteiger partial charge in [-0.1, -0.05) is 55.8 Å². The maximum Gasteiger partial charge on any atom is 0.125 e. The van der Waals surface area contributed by atoms with Crippen LogP contribution in [-0.2, 0) is 0 Å². The van der Waals surface area contributed by atoms with Crippen molar-refractivity contribution in [3.63, 3.8) is 0 Å². The Labute approximate surface area is 187 Å². The first-order valence-electron chi connectivity index (χ1n) is 10.8. The molecule has 0 fully saturated rings. The number of fused-ring (bicyclic) bond motifs is 2. The molecule has 0 amide bonds. The fourth-order valence-electron chi connectivity index (χ4n) is 4.64. The van der Waals surface area contributed by atoms with Crippen LogP contribution in [0.5, 0.6) is 0 Å². The van der Waals surface area contributed by atoms with Crippen LogP contribution >= 0.6 is 11.3 Å². The lowest BCUT2D eigenvalue weighted by Gasteiger charge is -2.13. The number of hydrogen-bond acceptors (Lipinski definition) is 3. The highest BCUT2D eigenvalue weighted by Crippen LogP contribution is 2.40. The summed E-state index contributed by atoms with van der Waals surface area (Å²) >= 11 is 1.75. The van der Waals surface area contributed by atoms with Gasteiger partial charge in [-0.05, 0) is 72.4 Å². The van der Waals surface area contributed by atoms with E-state index in [0.29, 0.717) is 5.92 Å². The van der Waals surface area contributed by atoms with Gasteiger partial charge in [-0.15, -0.1) is 11.3 Å². The van der Waals surface area contributed by atoms with Crippen LogP contribution in [0.2, 0.25) is 0 Å². The fraction of sp³-hybridized carbons (Fsp3) is 0.214. The van der Waals surface area contributed by atoms with Gasteiger partial charge >= 0.3 is 0 Å². The Morgan fingerprint density at radius 1 is 0.871 bits per heavy atom. The van der Waals surface area contributed by atoms with E-state index in [9.17, 15) is 0 Å². The minimum absolute atomic E-state index is 0.443. The average Bonchev–Trinajstić information content (AvgIpc) is 3.15. The molecule has 0 unspecified atom stereocenters. The second-order valence-corrected chi connectivity index (χ2v) is 9.74. The maximum atomic E-state index is 5.02. The van der Waals surface area contributed by atoms with Gasteiger partial charge in [0.05, 0.1) is 15.9 Å². The highest BCUT2D eigenvalue weighted by molar-refractivity contribution is 7.22. The average molecular weight is 423 g/mol. The van der Waals surface area contributed by atoms with Crippen LogP contribution in [-0.4, -0.2) is 9.97 Å². The van der Waals surface area contributed by atoms with Gasteiger partial charge in [-0.3, -0.25) is 4.98 Å². The van der Waals surface area contributed by atoms with Crippen LogP contribution in [0.3, 0.4) is 0 Å². The Morgan fingerprint density at radius 2 is 1.61 bits per heavy atom. The molecule has 5 rings (SSSR count). The van der Waals surface area contributed by atoms with Gasteiger partial charge in [0.15, 0.2) is 0 Å². The molecule has 0 aliphatic heterocycles. The summed E-state index contributed by atoms with van der Waals surface area (Å²) < 4.78 is 1.15. The van der Waals surface area contributed by atoms with Crippen LogP contribution in [0.15, 0.2) is 60.8 Å². The number of benzene rings is 3. The van der Waals surface area contributed by atoms with E-state index in [0.717, 1.165) is 20.9 Å². The summed E-state index contributed by atoms with van der Waals surface area (Å²) in [4.78, 5) is 9.84. The molecule has 2 aromatic heterocycles. The fourth-order valence-corrected chi connectivity index (χ4v) is 5.89. The first kappa shape index (κ1) is 19.9.